The molecule has 1 aliphatic rings. The van der Waals surface area contributed by atoms with Crippen molar-refractivity contribution >= 4 is 5.57 Å². The van der Waals surface area contributed by atoms with Gasteiger partial charge in [-0.05, 0) is 48.6 Å². The van der Waals surface area contributed by atoms with Crippen LogP contribution in [0.3, 0.4) is 0 Å². The molecule has 0 heterocycles. The number of hydrogen-bond acceptors (Lipinski definition) is 0. The summed E-state index contributed by atoms with van der Waals surface area (Å²) >= 11 is 0. The molecule has 84 valence electrons. The van der Waals surface area contributed by atoms with Crippen LogP contribution in [0.4, 0.5) is 0 Å². The molecule has 0 unspecified atom stereocenters. The monoisotopic (exact) mass is 220 g/mol. The van der Waals surface area contributed by atoms with E-state index in [0.29, 0.717) is 0 Å². The highest BCUT2D eigenvalue weighted by molar-refractivity contribution is 6.02. The Balaban J connectivity index is 2.43. The molecule has 0 heteroatoms. The standard InChI is InChI=1S/C17H16/c1-11(2)17-14-7-5-4-6-13(14)16-10-12(3)8-9-15(16)17/h4-10H,1-3H3. The Morgan fingerprint density at radius 3 is 2.12 bits per heavy atom. The van der Waals surface area contributed by atoms with Gasteiger partial charge in [0.25, 0.3) is 0 Å². The smallest absolute Gasteiger partial charge is 0.00963 e. The third-order valence-electron chi connectivity index (χ3n) is 3.43. The predicted molar refractivity (Wildman–Crippen MR) is 74.0 cm³/mol. The molecule has 0 saturated carbocycles. The molecule has 0 bridgehead atoms. The molecule has 0 nitrogen and oxygen atoms in total. The molecule has 2 aromatic carbocycles. The molecular formula is C17H16. The fraction of sp³-hybridized carbons (Fsp3) is 0.176. The van der Waals surface area contributed by atoms with Crippen LogP contribution in [0.25, 0.3) is 16.7 Å². The van der Waals surface area contributed by atoms with Gasteiger partial charge in [0.15, 0.2) is 0 Å². The van der Waals surface area contributed by atoms with Crippen molar-refractivity contribution in [1.29, 1.82) is 0 Å². The maximum Gasteiger partial charge on any atom is -0.00963 e. The first kappa shape index (κ1) is 10.3. The summed E-state index contributed by atoms with van der Waals surface area (Å²) in [5, 5.41) is 0. The number of rotatable bonds is 0. The minimum atomic E-state index is 1.33. The van der Waals surface area contributed by atoms with Gasteiger partial charge in [-0.3, -0.25) is 0 Å². The van der Waals surface area contributed by atoms with Crippen LogP contribution >= 0.6 is 0 Å². The minimum absolute atomic E-state index is 1.33. The highest BCUT2D eigenvalue weighted by atomic mass is 14.3. The van der Waals surface area contributed by atoms with Crippen LogP contribution in [0.1, 0.15) is 30.5 Å². The summed E-state index contributed by atoms with van der Waals surface area (Å²) < 4.78 is 0. The lowest BCUT2D eigenvalue weighted by Crippen LogP contribution is -1.84. The van der Waals surface area contributed by atoms with Gasteiger partial charge in [0.1, 0.15) is 0 Å². The normalized spacial score (nSPS) is 12.3. The Labute approximate surface area is 103 Å². The van der Waals surface area contributed by atoms with Crippen molar-refractivity contribution in [3.05, 3.63) is 64.7 Å². The summed E-state index contributed by atoms with van der Waals surface area (Å²) in [5.74, 6) is 0. The second-order valence-electron chi connectivity index (χ2n) is 4.97. The van der Waals surface area contributed by atoms with Crippen LogP contribution in [0, 0.1) is 6.92 Å². The predicted octanol–water partition coefficient (Wildman–Crippen LogP) is 4.82. The van der Waals surface area contributed by atoms with Crippen LogP contribution in [0.5, 0.6) is 0 Å². The highest BCUT2D eigenvalue weighted by Gasteiger charge is 2.23. The van der Waals surface area contributed by atoms with Gasteiger partial charge in [0.05, 0.1) is 0 Å². The van der Waals surface area contributed by atoms with Crippen molar-refractivity contribution in [3.8, 4) is 11.1 Å². The van der Waals surface area contributed by atoms with Crippen molar-refractivity contribution in [1.82, 2.24) is 0 Å². The maximum absolute atomic E-state index is 2.30. The second-order valence-corrected chi connectivity index (χ2v) is 4.97. The van der Waals surface area contributed by atoms with Crippen molar-refractivity contribution in [2.24, 2.45) is 0 Å². The Morgan fingerprint density at radius 1 is 0.765 bits per heavy atom. The molecule has 0 N–H and O–H groups in total. The first-order valence-corrected chi connectivity index (χ1v) is 6.07. The van der Waals surface area contributed by atoms with E-state index in [4.69, 9.17) is 0 Å². The van der Waals surface area contributed by atoms with E-state index in [-0.39, 0.29) is 0 Å². The SMILES string of the molecule is CC(C)=C1c2ccccc2-c2cc(C)ccc21. The Hall–Kier alpha value is -1.82. The lowest BCUT2D eigenvalue weighted by atomic mass is 9.99. The van der Waals surface area contributed by atoms with E-state index >= 15 is 0 Å². The number of hydrogen-bond donors (Lipinski definition) is 0. The zero-order valence-corrected chi connectivity index (χ0v) is 10.5. The van der Waals surface area contributed by atoms with Crippen LogP contribution in [0.15, 0.2) is 48.0 Å². The van der Waals surface area contributed by atoms with Crippen LogP contribution in [-0.4, -0.2) is 0 Å². The molecule has 1 aliphatic carbocycles. The van der Waals surface area contributed by atoms with Crippen LogP contribution in [-0.2, 0) is 0 Å². The molecule has 2 aromatic rings. The van der Waals surface area contributed by atoms with E-state index in [2.05, 4.69) is 63.2 Å². The zero-order chi connectivity index (χ0) is 12.0. The fourth-order valence-electron chi connectivity index (χ4n) is 2.72. The van der Waals surface area contributed by atoms with E-state index in [0.717, 1.165) is 0 Å². The summed E-state index contributed by atoms with van der Waals surface area (Å²) in [4.78, 5) is 0. The molecule has 0 aliphatic heterocycles. The third kappa shape index (κ3) is 1.44. The van der Waals surface area contributed by atoms with Crippen LogP contribution < -0.4 is 0 Å². The molecule has 0 fully saturated rings. The molecule has 0 amide bonds. The molecule has 3 rings (SSSR count). The number of fused-ring (bicyclic) bond motifs is 3. The van der Waals surface area contributed by atoms with Crippen LogP contribution in [0.2, 0.25) is 0 Å². The summed E-state index contributed by atoms with van der Waals surface area (Å²) in [5.41, 5.74) is 9.66. The minimum Gasteiger partial charge on any atom is -0.0679 e. The Morgan fingerprint density at radius 2 is 1.41 bits per heavy atom. The van der Waals surface area contributed by atoms with Gasteiger partial charge in [-0.15, -0.1) is 0 Å². The fourth-order valence-corrected chi connectivity index (χ4v) is 2.72. The molecule has 0 spiro atoms. The average molecular weight is 220 g/mol. The van der Waals surface area contributed by atoms with Gasteiger partial charge in [-0.2, -0.15) is 0 Å². The van der Waals surface area contributed by atoms with E-state index in [9.17, 15) is 0 Å². The largest absolute Gasteiger partial charge is 0.0679 e. The molecular weight excluding hydrogens is 204 g/mol. The number of allylic oxidation sites excluding steroid dienone is 1. The first-order chi connectivity index (χ1) is 8.18. The van der Waals surface area contributed by atoms with Gasteiger partial charge >= 0.3 is 0 Å². The number of benzene rings is 2. The summed E-state index contributed by atoms with van der Waals surface area (Å²) in [6.07, 6.45) is 0. The third-order valence-corrected chi connectivity index (χ3v) is 3.43. The van der Waals surface area contributed by atoms with Gasteiger partial charge in [-0.25, -0.2) is 0 Å². The van der Waals surface area contributed by atoms with E-state index in [1.54, 1.807) is 0 Å². The van der Waals surface area contributed by atoms with Crippen molar-refractivity contribution in [2.45, 2.75) is 20.8 Å². The summed E-state index contributed by atoms with van der Waals surface area (Å²) in [7, 11) is 0. The molecule has 17 heavy (non-hydrogen) atoms. The van der Waals surface area contributed by atoms with Gasteiger partial charge < -0.3 is 0 Å². The zero-order valence-electron chi connectivity index (χ0n) is 10.5. The molecule has 0 aromatic heterocycles. The van der Waals surface area contributed by atoms with E-state index in [1.165, 1.54) is 39.0 Å². The average Bonchev–Trinajstić information content (AvgIpc) is 2.63. The van der Waals surface area contributed by atoms with Gasteiger partial charge in [0, 0.05) is 0 Å². The van der Waals surface area contributed by atoms with Gasteiger partial charge in [0.2, 0.25) is 0 Å². The summed E-state index contributed by atoms with van der Waals surface area (Å²) in [6, 6.07) is 15.5. The molecule has 0 saturated heterocycles. The van der Waals surface area contributed by atoms with Crippen molar-refractivity contribution in [3.63, 3.8) is 0 Å². The van der Waals surface area contributed by atoms with E-state index in [1.807, 2.05) is 0 Å². The molecule has 0 atom stereocenters. The molecule has 0 radical (unpaired) electrons. The first-order valence-electron chi connectivity index (χ1n) is 6.07. The Kier molecular flexibility index (Phi) is 2.19. The van der Waals surface area contributed by atoms with E-state index < -0.39 is 0 Å². The lowest BCUT2D eigenvalue weighted by molar-refractivity contribution is 1.39. The van der Waals surface area contributed by atoms with Crippen molar-refractivity contribution < 1.29 is 0 Å². The highest BCUT2D eigenvalue weighted by Crippen LogP contribution is 2.45. The van der Waals surface area contributed by atoms with Crippen molar-refractivity contribution in [2.75, 3.05) is 0 Å². The summed E-state index contributed by atoms with van der Waals surface area (Å²) in [6.45, 7) is 6.55. The number of aryl methyl sites for hydroxylation is 1. The quantitative estimate of drug-likeness (QED) is 0.509. The van der Waals surface area contributed by atoms with Gasteiger partial charge in [-0.1, -0.05) is 53.6 Å². The maximum atomic E-state index is 2.30. The Bertz CT molecular complexity index is 626. The second kappa shape index (κ2) is 3.59. The topological polar surface area (TPSA) is 0 Å². The lowest BCUT2D eigenvalue weighted by Gasteiger charge is -2.05.